The molecule has 0 radical (unpaired) electrons. The maximum absolute atomic E-state index is 13.9. The summed E-state index contributed by atoms with van der Waals surface area (Å²) in [4.78, 5) is 0. The molecule has 0 aliphatic heterocycles. The summed E-state index contributed by atoms with van der Waals surface area (Å²) in [5.74, 6) is -11.6. The minimum atomic E-state index is -6.22. The lowest BCUT2D eigenvalue weighted by molar-refractivity contribution is -0.367. The summed E-state index contributed by atoms with van der Waals surface area (Å²) < 4.78 is 91.6. The van der Waals surface area contributed by atoms with Crippen molar-refractivity contribution in [3.63, 3.8) is 0 Å². The molecule has 0 aromatic carbocycles. The van der Waals surface area contributed by atoms with E-state index < -0.39 is 23.9 Å². The van der Waals surface area contributed by atoms with Gasteiger partial charge in [-0.15, -0.1) is 0 Å². The molecule has 0 nitrogen and oxygen atoms in total. The highest BCUT2D eigenvalue weighted by Gasteiger charge is 2.74. The summed E-state index contributed by atoms with van der Waals surface area (Å²) in [7, 11) is 0. The SMILES string of the molecule is CCCCCCC[C@H]1CC[C@H]([C@H]2CC[C@H](C(F)(F)C(F)(F)C(F)(F)F)CC2)CC1. The number of alkyl halides is 7. The first-order valence-electron chi connectivity index (χ1n) is 11.3. The van der Waals surface area contributed by atoms with Crippen LogP contribution in [0.1, 0.15) is 96.8 Å². The molecule has 0 saturated heterocycles. The summed E-state index contributed by atoms with van der Waals surface area (Å²) in [6.45, 7) is 2.19. The quantitative estimate of drug-likeness (QED) is 0.252. The highest BCUT2D eigenvalue weighted by Crippen LogP contribution is 2.54. The number of hydrogen-bond donors (Lipinski definition) is 0. The molecule has 172 valence electrons. The van der Waals surface area contributed by atoms with Crippen molar-refractivity contribution in [3.8, 4) is 0 Å². The second-order valence-electron chi connectivity index (χ2n) is 9.29. The standard InChI is InChI=1S/C22H35F7/c1-2-3-4-5-6-7-16-8-10-17(11-9-16)18-12-14-19(15-13-18)20(23,24)21(25,26)22(27,28)29/h16-19H,2-15H2,1H3/t16-,17-,18-,19-. The largest absolute Gasteiger partial charge is 0.459 e. The van der Waals surface area contributed by atoms with Gasteiger partial charge in [-0.1, -0.05) is 58.3 Å². The Morgan fingerprint density at radius 1 is 0.621 bits per heavy atom. The molecule has 2 saturated carbocycles. The van der Waals surface area contributed by atoms with E-state index in [-0.39, 0.29) is 18.8 Å². The average Bonchev–Trinajstić information content (AvgIpc) is 2.67. The van der Waals surface area contributed by atoms with Crippen molar-refractivity contribution in [3.05, 3.63) is 0 Å². The van der Waals surface area contributed by atoms with E-state index in [1.165, 1.54) is 38.5 Å². The first kappa shape index (κ1) is 24.8. The van der Waals surface area contributed by atoms with Crippen LogP contribution in [0.4, 0.5) is 30.7 Å². The molecular formula is C22H35F7. The van der Waals surface area contributed by atoms with Gasteiger partial charge in [0.15, 0.2) is 0 Å². The van der Waals surface area contributed by atoms with Crippen LogP contribution in [0.3, 0.4) is 0 Å². The third-order valence-corrected chi connectivity index (χ3v) is 7.33. The molecule has 0 atom stereocenters. The molecule has 2 aliphatic carbocycles. The maximum atomic E-state index is 13.9. The third-order valence-electron chi connectivity index (χ3n) is 7.33. The van der Waals surface area contributed by atoms with Crippen molar-refractivity contribution in [2.45, 2.75) is 115 Å². The monoisotopic (exact) mass is 432 g/mol. The lowest BCUT2D eigenvalue weighted by atomic mass is 9.67. The van der Waals surface area contributed by atoms with Crippen molar-refractivity contribution in [1.29, 1.82) is 0 Å². The van der Waals surface area contributed by atoms with E-state index in [0.29, 0.717) is 18.8 Å². The van der Waals surface area contributed by atoms with Crippen LogP contribution in [0.25, 0.3) is 0 Å². The van der Waals surface area contributed by atoms with E-state index >= 15 is 0 Å². The van der Waals surface area contributed by atoms with E-state index in [1.807, 2.05) is 0 Å². The predicted octanol–water partition coefficient (Wildman–Crippen LogP) is 8.79. The zero-order chi connectivity index (χ0) is 21.7. The fourth-order valence-electron chi connectivity index (χ4n) is 5.38. The Labute approximate surface area is 170 Å². The molecule has 0 aromatic rings. The van der Waals surface area contributed by atoms with E-state index in [0.717, 1.165) is 31.6 Å². The Balaban J connectivity index is 1.75. The molecule has 0 spiro atoms. The Bertz CT molecular complexity index is 470. The Kier molecular flexibility index (Phi) is 8.73. The van der Waals surface area contributed by atoms with Crippen LogP contribution in [-0.2, 0) is 0 Å². The molecule has 2 fully saturated rings. The average molecular weight is 433 g/mol. The van der Waals surface area contributed by atoms with Crippen molar-refractivity contribution in [2.24, 2.45) is 23.7 Å². The van der Waals surface area contributed by atoms with Gasteiger partial charge in [-0.2, -0.15) is 30.7 Å². The third kappa shape index (κ3) is 6.03. The van der Waals surface area contributed by atoms with E-state index in [9.17, 15) is 30.7 Å². The van der Waals surface area contributed by atoms with Crippen molar-refractivity contribution in [2.75, 3.05) is 0 Å². The zero-order valence-electron chi connectivity index (χ0n) is 17.4. The smallest absolute Gasteiger partial charge is 0.199 e. The van der Waals surface area contributed by atoms with E-state index in [4.69, 9.17) is 0 Å². The Hall–Kier alpha value is -0.490. The van der Waals surface area contributed by atoms with Gasteiger partial charge in [0.05, 0.1) is 0 Å². The second kappa shape index (κ2) is 10.2. The molecule has 0 bridgehead atoms. The molecular weight excluding hydrogens is 397 g/mol. The fraction of sp³-hybridized carbons (Fsp3) is 1.00. The first-order valence-corrected chi connectivity index (χ1v) is 11.3. The van der Waals surface area contributed by atoms with Gasteiger partial charge in [-0.3, -0.25) is 0 Å². The van der Waals surface area contributed by atoms with Crippen LogP contribution >= 0.6 is 0 Å². The fourth-order valence-corrected chi connectivity index (χ4v) is 5.38. The van der Waals surface area contributed by atoms with Crippen LogP contribution in [0.15, 0.2) is 0 Å². The van der Waals surface area contributed by atoms with Gasteiger partial charge >= 0.3 is 18.0 Å². The number of rotatable bonds is 9. The minimum Gasteiger partial charge on any atom is -0.199 e. The number of halogens is 7. The van der Waals surface area contributed by atoms with Crippen LogP contribution < -0.4 is 0 Å². The molecule has 0 heterocycles. The van der Waals surface area contributed by atoms with Gasteiger partial charge in [0.2, 0.25) is 0 Å². The summed E-state index contributed by atoms with van der Waals surface area (Å²) in [5.41, 5.74) is 0. The maximum Gasteiger partial charge on any atom is 0.459 e. The lowest BCUT2D eigenvalue weighted by Crippen LogP contribution is -2.56. The van der Waals surface area contributed by atoms with E-state index in [1.54, 1.807) is 0 Å². The highest BCUT2D eigenvalue weighted by atomic mass is 19.4. The van der Waals surface area contributed by atoms with Crippen LogP contribution in [0.5, 0.6) is 0 Å². The number of hydrogen-bond acceptors (Lipinski definition) is 0. The summed E-state index contributed by atoms with van der Waals surface area (Å²) in [6.07, 6.45) is 5.82. The molecule has 2 aliphatic rings. The minimum absolute atomic E-state index is 0.187. The normalized spacial score (nSPS) is 29.8. The molecule has 29 heavy (non-hydrogen) atoms. The predicted molar refractivity (Wildman–Crippen MR) is 100 cm³/mol. The van der Waals surface area contributed by atoms with Crippen LogP contribution in [0.2, 0.25) is 0 Å². The van der Waals surface area contributed by atoms with Gasteiger partial charge in [-0.05, 0) is 56.3 Å². The summed E-state index contributed by atoms with van der Waals surface area (Å²) in [6, 6.07) is 0. The summed E-state index contributed by atoms with van der Waals surface area (Å²) >= 11 is 0. The van der Waals surface area contributed by atoms with Gasteiger partial charge in [0.1, 0.15) is 0 Å². The second-order valence-corrected chi connectivity index (χ2v) is 9.29. The first-order chi connectivity index (χ1) is 13.5. The van der Waals surface area contributed by atoms with Crippen LogP contribution in [-0.4, -0.2) is 18.0 Å². The topological polar surface area (TPSA) is 0 Å². The molecule has 2 rings (SSSR count). The highest BCUT2D eigenvalue weighted by molar-refractivity contribution is 4.97. The van der Waals surface area contributed by atoms with Gasteiger partial charge in [0.25, 0.3) is 0 Å². The van der Waals surface area contributed by atoms with Crippen molar-refractivity contribution >= 4 is 0 Å². The Morgan fingerprint density at radius 2 is 1.10 bits per heavy atom. The molecule has 7 heteroatoms. The summed E-state index contributed by atoms with van der Waals surface area (Å²) in [5, 5.41) is 0. The van der Waals surface area contributed by atoms with Crippen molar-refractivity contribution < 1.29 is 30.7 Å². The molecule has 0 aromatic heterocycles. The zero-order valence-corrected chi connectivity index (χ0v) is 17.4. The van der Waals surface area contributed by atoms with Crippen LogP contribution in [0, 0.1) is 23.7 Å². The molecule has 0 amide bonds. The lowest BCUT2D eigenvalue weighted by Gasteiger charge is -2.41. The Morgan fingerprint density at radius 3 is 1.59 bits per heavy atom. The molecule has 0 unspecified atom stereocenters. The molecule has 0 N–H and O–H groups in total. The van der Waals surface area contributed by atoms with Gasteiger partial charge in [-0.25, -0.2) is 0 Å². The number of unbranched alkanes of at least 4 members (excludes halogenated alkanes) is 4. The van der Waals surface area contributed by atoms with Crippen molar-refractivity contribution in [1.82, 2.24) is 0 Å². The van der Waals surface area contributed by atoms with Gasteiger partial charge < -0.3 is 0 Å². The van der Waals surface area contributed by atoms with Gasteiger partial charge in [0, 0.05) is 5.92 Å². The van der Waals surface area contributed by atoms with E-state index in [2.05, 4.69) is 6.92 Å².